The summed E-state index contributed by atoms with van der Waals surface area (Å²) in [6, 6.07) is 6.97. The Hall–Kier alpha value is -1.88. The molecule has 1 aliphatic carbocycles. The number of hydrogen-bond acceptors (Lipinski definition) is 3. The maximum atomic E-state index is 12.4. The highest BCUT2D eigenvalue weighted by molar-refractivity contribution is 5.95. The molecule has 1 fully saturated rings. The first-order chi connectivity index (χ1) is 10.6. The van der Waals surface area contributed by atoms with Gasteiger partial charge in [-0.15, -0.1) is 0 Å². The number of nitrogens with one attached hydrogen (secondary N) is 1. The van der Waals surface area contributed by atoms with E-state index in [2.05, 4.69) is 5.32 Å². The first-order valence-corrected chi connectivity index (χ1v) is 7.86. The molecule has 1 unspecified atom stereocenters. The molecule has 1 saturated carbocycles. The average molecular weight is 305 g/mol. The number of hydrogen-bond donors (Lipinski definition) is 2. The van der Waals surface area contributed by atoms with Crippen molar-refractivity contribution in [2.24, 2.45) is 0 Å². The number of rotatable bonds is 7. The van der Waals surface area contributed by atoms with Crippen molar-refractivity contribution in [2.75, 3.05) is 5.32 Å². The summed E-state index contributed by atoms with van der Waals surface area (Å²) in [4.78, 5) is 23.3. The molecule has 0 radical (unpaired) electrons. The van der Waals surface area contributed by atoms with Gasteiger partial charge in [0.1, 0.15) is 6.10 Å². The van der Waals surface area contributed by atoms with Crippen LogP contribution in [-0.4, -0.2) is 29.2 Å². The van der Waals surface area contributed by atoms with E-state index >= 15 is 0 Å². The second kappa shape index (κ2) is 7.94. The summed E-state index contributed by atoms with van der Waals surface area (Å²) in [7, 11) is 0. The maximum Gasteiger partial charge on any atom is 0.307 e. The Bertz CT molecular complexity index is 523. The molecule has 1 amide bonds. The highest BCUT2D eigenvalue weighted by Gasteiger charge is 2.24. The van der Waals surface area contributed by atoms with Crippen LogP contribution in [0.2, 0.25) is 0 Å². The van der Waals surface area contributed by atoms with Gasteiger partial charge in [0, 0.05) is 5.69 Å². The van der Waals surface area contributed by atoms with Crippen LogP contribution in [-0.2, 0) is 20.7 Å². The van der Waals surface area contributed by atoms with E-state index in [1.54, 1.807) is 24.3 Å². The van der Waals surface area contributed by atoms with Crippen molar-refractivity contribution in [3.05, 3.63) is 29.8 Å². The van der Waals surface area contributed by atoms with Crippen LogP contribution in [0, 0.1) is 0 Å². The molecule has 0 aromatic heterocycles. The number of carboxylic acid groups (broad SMARTS) is 1. The molecule has 0 heterocycles. The first-order valence-electron chi connectivity index (χ1n) is 7.86. The lowest BCUT2D eigenvalue weighted by atomic mass is 10.1. The second-order valence-electron chi connectivity index (χ2n) is 5.66. The predicted octanol–water partition coefficient (Wildman–Crippen LogP) is 2.99. The normalized spacial score (nSPS) is 16.4. The van der Waals surface area contributed by atoms with Gasteiger partial charge in [0.25, 0.3) is 5.91 Å². The fraction of sp³-hybridized carbons (Fsp3) is 0.529. The molecule has 5 heteroatoms. The molecule has 22 heavy (non-hydrogen) atoms. The summed E-state index contributed by atoms with van der Waals surface area (Å²) in [5.74, 6) is -1.12. The van der Waals surface area contributed by atoms with E-state index in [0.29, 0.717) is 17.7 Å². The second-order valence-corrected chi connectivity index (χ2v) is 5.66. The molecule has 1 aromatic rings. The zero-order valence-electron chi connectivity index (χ0n) is 12.9. The largest absolute Gasteiger partial charge is 0.481 e. The van der Waals surface area contributed by atoms with E-state index < -0.39 is 12.1 Å². The number of carbonyl (C=O) groups is 2. The number of ether oxygens (including phenoxy) is 1. The van der Waals surface area contributed by atoms with E-state index in [1.807, 2.05) is 6.92 Å². The Labute approximate surface area is 130 Å². The molecule has 0 bridgehead atoms. The van der Waals surface area contributed by atoms with Gasteiger partial charge in [-0.3, -0.25) is 9.59 Å². The van der Waals surface area contributed by atoms with Crippen molar-refractivity contribution >= 4 is 17.6 Å². The summed E-state index contributed by atoms with van der Waals surface area (Å²) < 4.78 is 5.89. The zero-order chi connectivity index (χ0) is 15.9. The maximum absolute atomic E-state index is 12.4. The van der Waals surface area contributed by atoms with Gasteiger partial charge in [0.15, 0.2) is 0 Å². The molecule has 0 aliphatic heterocycles. The topological polar surface area (TPSA) is 75.6 Å². The zero-order valence-corrected chi connectivity index (χ0v) is 12.9. The van der Waals surface area contributed by atoms with E-state index in [1.165, 1.54) is 0 Å². The minimum absolute atomic E-state index is 0.114. The minimum atomic E-state index is -0.920. The average Bonchev–Trinajstić information content (AvgIpc) is 2.99. The summed E-state index contributed by atoms with van der Waals surface area (Å²) in [5, 5.41) is 11.7. The Kier molecular flexibility index (Phi) is 5.95. The lowest BCUT2D eigenvalue weighted by Crippen LogP contribution is -2.33. The lowest BCUT2D eigenvalue weighted by molar-refractivity contribution is -0.136. The van der Waals surface area contributed by atoms with Gasteiger partial charge in [0.2, 0.25) is 0 Å². The van der Waals surface area contributed by atoms with Gasteiger partial charge in [0.05, 0.1) is 12.5 Å². The summed E-state index contributed by atoms with van der Waals surface area (Å²) in [6.45, 7) is 1.92. The van der Waals surface area contributed by atoms with Crippen molar-refractivity contribution < 1.29 is 19.4 Å². The van der Waals surface area contributed by atoms with Crippen LogP contribution >= 0.6 is 0 Å². The number of para-hydroxylation sites is 1. The number of carbonyl (C=O) groups excluding carboxylic acids is 1. The minimum Gasteiger partial charge on any atom is -0.481 e. The predicted molar refractivity (Wildman–Crippen MR) is 83.8 cm³/mol. The van der Waals surface area contributed by atoms with Gasteiger partial charge in [-0.05, 0) is 30.9 Å². The van der Waals surface area contributed by atoms with Crippen molar-refractivity contribution in [3.8, 4) is 0 Å². The number of anilines is 1. The number of amides is 1. The highest BCUT2D eigenvalue weighted by Crippen LogP contribution is 2.24. The summed E-state index contributed by atoms with van der Waals surface area (Å²) >= 11 is 0. The van der Waals surface area contributed by atoms with E-state index in [-0.39, 0.29) is 18.4 Å². The Morgan fingerprint density at radius 1 is 1.32 bits per heavy atom. The third-order valence-corrected chi connectivity index (χ3v) is 3.94. The Morgan fingerprint density at radius 3 is 2.64 bits per heavy atom. The molecule has 0 saturated heterocycles. The molecule has 1 aromatic carbocycles. The number of carboxylic acids is 1. The molecule has 5 nitrogen and oxygen atoms in total. The quantitative estimate of drug-likeness (QED) is 0.812. The molecular formula is C17H23NO4. The molecule has 0 spiro atoms. The van der Waals surface area contributed by atoms with E-state index in [4.69, 9.17) is 9.84 Å². The third kappa shape index (κ3) is 4.56. The van der Waals surface area contributed by atoms with Crippen LogP contribution < -0.4 is 5.32 Å². The first kappa shape index (κ1) is 16.5. The summed E-state index contributed by atoms with van der Waals surface area (Å²) in [5.41, 5.74) is 1.14. The van der Waals surface area contributed by atoms with Gasteiger partial charge < -0.3 is 15.2 Å². The summed E-state index contributed by atoms with van der Waals surface area (Å²) in [6.07, 6.45) is 4.51. The monoisotopic (exact) mass is 305 g/mol. The van der Waals surface area contributed by atoms with Crippen molar-refractivity contribution in [1.29, 1.82) is 0 Å². The standard InChI is InChI=1S/C17H23NO4/c1-2-15(22-13-8-4-5-9-13)17(21)18-14-10-6-3-7-12(14)11-16(19)20/h3,6-7,10,13,15H,2,4-5,8-9,11H2,1H3,(H,18,21)(H,19,20). The van der Waals surface area contributed by atoms with Crippen LogP contribution in [0.25, 0.3) is 0 Å². The van der Waals surface area contributed by atoms with Crippen molar-refractivity contribution in [3.63, 3.8) is 0 Å². The van der Waals surface area contributed by atoms with E-state index in [9.17, 15) is 9.59 Å². The fourth-order valence-electron chi connectivity index (χ4n) is 2.77. The fourth-order valence-corrected chi connectivity index (χ4v) is 2.77. The van der Waals surface area contributed by atoms with Crippen molar-refractivity contribution in [2.45, 2.75) is 57.7 Å². The van der Waals surface area contributed by atoms with Gasteiger partial charge in [-0.25, -0.2) is 0 Å². The molecular weight excluding hydrogens is 282 g/mol. The molecule has 1 atom stereocenters. The molecule has 2 rings (SSSR count). The smallest absolute Gasteiger partial charge is 0.307 e. The highest BCUT2D eigenvalue weighted by atomic mass is 16.5. The van der Waals surface area contributed by atoms with Gasteiger partial charge in [-0.1, -0.05) is 38.0 Å². The Balaban J connectivity index is 2.01. The molecule has 120 valence electrons. The van der Waals surface area contributed by atoms with Crippen molar-refractivity contribution in [1.82, 2.24) is 0 Å². The van der Waals surface area contributed by atoms with Crippen LogP contribution in [0.5, 0.6) is 0 Å². The number of benzene rings is 1. The van der Waals surface area contributed by atoms with Crippen LogP contribution in [0.15, 0.2) is 24.3 Å². The molecule has 2 N–H and O–H groups in total. The SMILES string of the molecule is CCC(OC1CCCC1)C(=O)Nc1ccccc1CC(=O)O. The van der Waals surface area contributed by atoms with Crippen LogP contribution in [0.4, 0.5) is 5.69 Å². The van der Waals surface area contributed by atoms with Crippen LogP contribution in [0.1, 0.15) is 44.6 Å². The Morgan fingerprint density at radius 2 is 2.00 bits per heavy atom. The number of aliphatic carboxylic acids is 1. The van der Waals surface area contributed by atoms with Crippen LogP contribution in [0.3, 0.4) is 0 Å². The third-order valence-electron chi connectivity index (χ3n) is 3.94. The van der Waals surface area contributed by atoms with Gasteiger partial charge in [-0.2, -0.15) is 0 Å². The molecule has 1 aliphatic rings. The lowest BCUT2D eigenvalue weighted by Gasteiger charge is -2.21. The van der Waals surface area contributed by atoms with Gasteiger partial charge >= 0.3 is 5.97 Å². The van der Waals surface area contributed by atoms with E-state index in [0.717, 1.165) is 25.7 Å².